The minimum absolute atomic E-state index is 0.0565. The number of rotatable bonds is 4. The fourth-order valence-corrected chi connectivity index (χ4v) is 3.38. The number of carbonyl (C=O) groups excluding carboxylic acids is 2. The van der Waals surface area contributed by atoms with Crippen molar-refractivity contribution in [3.63, 3.8) is 0 Å². The Labute approximate surface area is 125 Å². The normalized spacial score (nSPS) is 20.3. The fraction of sp³-hybridized carbons (Fsp3) is 0.333. The third-order valence-electron chi connectivity index (χ3n) is 4.31. The maximum Gasteiger partial charge on any atom is 0.273 e. The third-order valence-corrected chi connectivity index (χ3v) is 4.31. The highest BCUT2D eigenvalue weighted by Gasteiger charge is 2.85. The predicted octanol–water partition coefficient (Wildman–Crippen LogP) is 1.89. The second-order valence-electron chi connectivity index (χ2n) is 5.20. The number of nitro groups is 1. The van der Waals surface area contributed by atoms with Crippen LogP contribution in [0.4, 0.5) is 5.69 Å². The quantitative estimate of drug-likeness (QED) is 0.474. The molecule has 0 saturated heterocycles. The summed E-state index contributed by atoms with van der Waals surface area (Å²) in [6.45, 7) is 2.25. The summed E-state index contributed by atoms with van der Waals surface area (Å²) in [7, 11) is 0. The number of para-hydroxylation sites is 1. The molecule has 0 radical (unpaired) electrons. The van der Waals surface area contributed by atoms with E-state index in [2.05, 4.69) is 0 Å². The lowest BCUT2D eigenvalue weighted by molar-refractivity contribution is -0.385. The van der Waals surface area contributed by atoms with Crippen LogP contribution in [-0.4, -0.2) is 16.5 Å². The first kappa shape index (κ1) is 15.3. The van der Waals surface area contributed by atoms with Crippen molar-refractivity contribution in [1.82, 2.24) is 0 Å². The number of hydrogen-bond acceptors (Lipinski definition) is 6. The second kappa shape index (κ2) is 4.74. The molecular weight excluding hydrogens is 286 g/mol. The summed E-state index contributed by atoms with van der Waals surface area (Å²) >= 11 is 0. The first-order valence-electron chi connectivity index (χ1n) is 6.39. The number of hydrogen-bond donors (Lipinski definition) is 0. The van der Waals surface area contributed by atoms with Crippen LogP contribution in [0.25, 0.3) is 0 Å². The Kier molecular flexibility index (Phi) is 3.31. The highest BCUT2D eigenvalue weighted by atomic mass is 16.6. The summed E-state index contributed by atoms with van der Waals surface area (Å²) in [5.74, 6) is -2.40. The van der Waals surface area contributed by atoms with Gasteiger partial charge in [0.15, 0.2) is 5.41 Å². The molecule has 1 fully saturated rings. The van der Waals surface area contributed by atoms with Gasteiger partial charge in [-0.15, -0.1) is 0 Å². The summed E-state index contributed by atoms with van der Waals surface area (Å²) in [4.78, 5) is 34.7. The summed E-state index contributed by atoms with van der Waals surface area (Å²) in [5, 5.41) is 30.0. The Morgan fingerprint density at radius 2 is 1.68 bits per heavy atom. The molecule has 1 unspecified atom stereocenters. The third kappa shape index (κ3) is 1.54. The Hall–Kier alpha value is -3.06. The number of nitrogens with zero attached hydrogens (tertiary/aromatic N) is 3. The van der Waals surface area contributed by atoms with Gasteiger partial charge in [0.05, 0.1) is 17.1 Å². The van der Waals surface area contributed by atoms with Crippen LogP contribution in [0.15, 0.2) is 24.3 Å². The van der Waals surface area contributed by atoms with Crippen LogP contribution in [0, 0.1) is 43.6 Å². The van der Waals surface area contributed by atoms with E-state index < -0.39 is 33.2 Å². The molecule has 1 aliphatic rings. The predicted molar refractivity (Wildman–Crippen MR) is 73.3 cm³/mol. The zero-order valence-corrected chi connectivity index (χ0v) is 11.9. The SMILES string of the molecule is CC(=O)C1(C(C)=O)C(c2ccccc2[N+](=O)[O-])C1(C#N)C#N. The van der Waals surface area contributed by atoms with Crippen molar-refractivity contribution in [3.8, 4) is 12.1 Å². The molecule has 0 amide bonds. The maximum atomic E-state index is 12.1. The zero-order valence-electron chi connectivity index (χ0n) is 11.9. The molecule has 7 nitrogen and oxygen atoms in total. The lowest BCUT2D eigenvalue weighted by atomic mass is 9.87. The molecule has 0 heterocycles. The average molecular weight is 297 g/mol. The van der Waals surface area contributed by atoms with E-state index in [-0.39, 0.29) is 11.3 Å². The number of benzene rings is 1. The van der Waals surface area contributed by atoms with E-state index >= 15 is 0 Å². The molecule has 1 aliphatic carbocycles. The van der Waals surface area contributed by atoms with E-state index in [0.717, 1.165) is 13.8 Å². The van der Waals surface area contributed by atoms with Crippen LogP contribution >= 0.6 is 0 Å². The van der Waals surface area contributed by atoms with Gasteiger partial charge in [-0.25, -0.2) is 0 Å². The molecule has 0 spiro atoms. The molecule has 7 heteroatoms. The van der Waals surface area contributed by atoms with Gasteiger partial charge in [-0.05, 0) is 13.8 Å². The van der Waals surface area contributed by atoms with E-state index in [1.54, 1.807) is 12.1 Å². The van der Waals surface area contributed by atoms with E-state index in [1.165, 1.54) is 24.3 Å². The molecular formula is C15H11N3O4. The van der Waals surface area contributed by atoms with E-state index in [1.807, 2.05) is 0 Å². The van der Waals surface area contributed by atoms with Crippen molar-refractivity contribution in [2.24, 2.45) is 10.8 Å². The summed E-state index contributed by atoms with van der Waals surface area (Å²) in [5.41, 5.74) is -4.01. The highest BCUT2D eigenvalue weighted by Crippen LogP contribution is 2.75. The Bertz CT molecular complexity index is 757. The number of nitro benzene ring substituents is 1. The summed E-state index contributed by atoms with van der Waals surface area (Å²) < 4.78 is 0. The van der Waals surface area contributed by atoms with Crippen LogP contribution in [-0.2, 0) is 9.59 Å². The summed E-state index contributed by atoms with van der Waals surface area (Å²) in [6.07, 6.45) is 0. The summed E-state index contributed by atoms with van der Waals surface area (Å²) in [6, 6.07) is 9.03. The first-order valence-corrected chi connectivity index (χ1v) is 6.39. The van der Waals surface area contributed by atoms with Crippen LogP contribution in [0.3, 0.4) is 0 Å². The van der Waals surface area contributed by atoms with Gasteiger partial charge in [0.2, 0.25) is 0 Å². The number of Topliss-reactive ketones (excluding diaryl/α,β-unsaturated/α-hetero) is 2. The minimum Gasteiger partial charge on any atom is -0.299 e. The van der Waals surface area contributed by atoms with Gasteiger partial charge in [0.25, 0.3) is 5.69 Å². The van der Waals surface area contributed by atoms with Gasteiger partial charge in [0.1, 0.15) is 17.0 Å². The van der Waals surface area contributed by atoms with Crippen molar-refractivity contribution >= 4 is 17.3 Å². The molecule has 1 saturated carbocycles. The monoisotopic (exact) mass is 297 g/mol. The second-order valence-corrected chi connectivity index (χ2v) is 5.20. The van der Waals surface area contributed by atoms with Gasteiger partial charge in [-0.2, -0.15) is 10.5 Å². The van der Waals surface area contributed by atoms with Crippen LogP contribution in [0.2, 0.25) is 0 Å². The van der Waals surface area contributed by atoms with Crippen LogP contribution < -0.4 is 0 Å². The molecule has 0 N–H and O–H groups in total. The van der Waals surface area contributed by atoms with Crippen LogP contribution in [0.1, 0.15) is 25.3 Å². The van der Waals surface area contributed by atoms with Crippen molar-refractivity contribution < 1.29 is 14.5 Å². The number of nitriles is 2. The molecule has 0 aromatic heterocycles. The minimum atomic E-state index is -1.91. The molecule has 1 aromatic carbocycles. The lowest BCUT2D eigenvalue weighted by Crippen LogP contribution is -2.28. The molecule has 1 aromatic rings. The molecule has 0 aliphatic heterocycles. The Morgan fingerprint density at radius 1 is 1.18 bits per heavy atom. The van der Waals surface area contributed by atoms with Crippen molar-refractivity contribution in [3.05, 3.63) is 39.9 Å². The largest absolute Gasteiger partial charge is 0.299 e. The zero-order chi connectivity index (χ0) is 16.7. The van der Waals surface area contributed by atoms with Crippen molar-refractivity contribution in [2.45, 2.75) is 19.8 Å². The number of carbonyl (C=O) groups is 2. The van der Waals surface area contributed by atoms with Crippen molar-refractivity contribution in [1.29, 1.82) is 10.5 Å². The maximum absolute atomic E-state index is 12.1. The van der Waals surface area contributed by atoms with Gasteiger partial charge in [-0.3, -0.25) is 19.7 Å². The molecule has 2 rings (SSSR count). The van der Waals surface area contributed by atoms with Gasteiger partial charge >= 0.3 is 0 Å². The Morgan fingerprint density at radius 3 is 2.05 bits per heavy atom. The fourth-order valence-electron chi connectivity index (χ4n) is 3.38. The Balaban J connectivity index is 2.79. The van der Waals surface area contributed by atoms with Gasteiger partial charge in [-0.1, -0.05) is 18.2 Å². The first-order chi connectivity index (χ1) is 10.3. The topological polar surface area (TPSA) is 125 Å². The molecule has 110 valence electrons. The van der Waals surface area contributed by atoms with E-state index in [9.17, 15) is 30.2 Å². The van der Waals surface area contributed by atoms with E-state index in [0.29, 0.717) is 0 Å². The molecule has 1 atom stereocenters. The molecule has 0 bridgehead atoms. The van der Waals surface area contributed by atoms with Crippen LogP contribution in [0.5, 0.6) is 0 Å². The number of ketones is 2. The molecule has 22 heavy (non-hydrogen) atoms. The van der Waals surface area contributed by atoms with E-state index in [4.69, 9.17) is 0 Å². The van der Waals surface area contributed by atoms with Gasteiger partial charge in [0, 0.05) is 17.5 Å². The smallest absolute Gasteiger partial charge is 0.273 e. The van der Waals surface area contributed by atoms with Gasteiger partial charge < -0.3 is 0 Å². The standard InChI is InChI=1S/C15H11N3O4/c1-9(19)15(10(2)20)13(14(15,7-16)8-17)11-5-3-4-6-12(11)18(21)22/h3-6,13H,1-2H3. The highest BCUT2D eigenvalue weighted by molar-refractivity contribution is 6.13. The lowest BCUT2D eigenvalue weighted by Gasteiger charge is -2.10. The average Bonchev–Trinajstić information content (AvgIpc) is 3.12. The van der Waals surface area contributed by atoms with Crippen molar-refractivity contribution in [2.75, 3.05) is 0 Å².